The van der Waals surface area contributed by atoms with E-state index >= 15 is 0 Å². The summed E-state index contributed by atoms with van der Waals surface area (Å²) in [6.45, 7) is 3.81. The van der Waals surface area contributed by atoms with Gasteiger partial charge in [0, 0.05) is 6.04 Å². The number of aliphatic hydroxyl groups is 1. The zero-order chi connectivity index (χ0) is 13.2. The second kappa shape index (κ2) is 5.24. The quantitative estimate of drug-likeness (QED) is 0.815. The second-order valence-electron chi connectivity index (χ2n) is 5.31. The first-order valence-electron chi connectivity index (χ1n) is 6.30. The van der Waals surface area contributed by atoms with E-state index in [1.807, 2.05) is 6.92 Å². The lowest BCUT2D eigenvalue weighted by molar-refractivity contribution is 0.112. The molecule has 1 saturated carbocycles. The van der Waals surface area contributed by atoms with Crippen molar-refractivity contribution in [3.8, 4) is 5.75 Å². The fourth-order valence-electron chi connectivity index (χ4n) is 1.82. The SMILES string of the molecule is Cc1cccc(OCC(C)(CO)NC2CC2)c1F. The molecular weight excluding hydrogens is 233 g/mol. The smallest absolute Gasteiger partial charge is 0.167 e. The Morgan fingerprint density at radius 3 is 2.83 bits per heavy atom. The van der Waals surface area contributed by atoms with Gasteiger partial charge in [-0.05, 0) is 38.3 Å². The molecule has 3 nitrogen and oxygen atoms in total. The van der Waals surface area contributed by atoms with Crippen molar-refractivity contribution in [1.29, 1.82) is 0 Å². The van der Waals surface area contributed by atoms with Crippen molar-refractivity contribution in [2.45, 2.75) is 38.3 Å². The van der Waals surface area contributed by atoms with Crippen molar-refractivity contribution in [2.75, 3.05) is 13.2 Å². The second-order valence-corrected chi connectivity index (χ2v) is 5.31. The Hall–Kier alpha value is -1.13. The van der Waals surface area contributed by atoms with Crippen molar-refractivity contribution in [3.05, 3.63) is 29.6 Å². The molecule has 0 radical (unpaired) electrons. The van der Waals surface area contributed by atoms with Gasteiger partial charge in [0.2, 0.25) is 0 Å². The van der Waals surface area contributed by atoms with Gasteiger partial charge in [0.25, 0.3) is 0 Å². The van der Waals surface area contributed by atoms with Gasteiger partial charge in [-0.3, -0.25) is 0 Å². The predicted molar refractivity (Wildman–Crippen MR) is 68.3 cm³/mol. The van der Waals surface area contributed by atoms with Crippen LogP contribution >= 0.6 is 0 Å². The summed E-state index contributed by atoms with van der Waals surface area (Å²) >= 11 is 0. The number of nitrogens with one attached hydrogen (secondary N) is 1. The number of halogens is 1. The monoisotopic (exact) mass is 253 g/mol. The highest BCUT2D eigenvalue weighted by molar-refractivity contribution is 5.30. The van der Waals surface area contributed by atoms with Crippen LogP contribution in [-0.2, 0) is 0 Å². The highest BCUT2D eigenvalue weighted by Gasteiger charge is 2.32. The Kier molecular flexibility index (Phi) is 3.88. The molecule has 0 aliphatic heterocycles. The normalized spacial score (nSPS) is 18.4. The van der Waals surface area contributed by atoms with Gasteiger partial charge in [0.15, 0.2) is 11.6 Å². The summed E-state index contributed by atoms with van der Waals surface area (Å²) in [5.74, 6) is -0.0866. The number of hydrogen-bond donors (Lipinski definition) is 2. The summed E-state index contributed by atoms with van der Waals surface area (Å²) < 4.78 is 19.3. The van der Waals surface area contributed by atoms with Crippen LogP contribution in [0.15, 0.2) is 18.2 Å². The summed E-state index contributed by atoms with van der Waals surface area (Å²) in [6, 6.07) is 5.54. The van der Waals surface area contributed by atoms with Gasteiger partial charge in [-0.1, -0.05) is 12.1 Å². The predicted octanol–water partition coefficient (Wildman–Crippen LogP) is 2.02. The van der Waals surface area contributed by atoms with Gasteiger partial charge in [-0.25, -0.2) is 4.39 Å². The van der Waals surface area contributed by atoms with Crippen molar-refractivity contribution >= 4 is 0 Å². The lowest BCUT2D eigenvalue weighted by Gasteiger charge is -2.29. The fourth-order valence-corrected chi connectivity index (χ4v) is 1.82. The molecule has 1 aliphatic rings. The van der Waals surface area contributed by atoms with E-state index in [0.717, 1.165) is 12.8 Å². The maximum absolute atomic E-state index is 13.7. The number of ether oxygens (including phenoxy) is 1. The van der Waals surface area contributed by atoms with Gasteiger partial charge in [0.05, 0.1) is 12.1 Å². The van der Waals surface area contributed by atoms with E-state index in [4.69, 9.17) is 4.74 Å². The van der Waals surface area contributed by atoms with Crippen LogP contribution in [0.2, 0.25) is 0 Å². The molecule has 18 heavy (non-hydrogen) atoms. The molecule has 0 aromatic heterocycles. The number of aliphatic hydroxyl groups excluding tert-OH is 1. The maximum atomic E-state index is 13.7. The largest absolute Gasteiger partial charge is 0.488 e. The third-order valence-corrected chi connectivity index (χ3v) is 3.18. The van der Waals surface area contributed by atoms with Crippen LogP contribution in [0.5, 0.6) is 5.75 Å². The minimum absolute atomic E-state index is 0.0308. The summed E-state index contributed by atoms with van der Waals surface area (Å²) in [4.78, 5) is 0. The Bertz CT molecular complexity index is 420. The van der Waals surface area contributed by atoms with Crippen LogP contribution in [0.25, 0.3) is 0 Å². The van der Waals surface area contributed by atoms with E-state index in [9.17, 15) is 9.50 Å². The van der Waals surface area contributed by atoms with E-state index in [1.165, 1.54) is 0 Å². The maximum Gasteiger partial charge on any atom is 0.167 e. The number of rotatable bonds is 6. The van der Waals surface area contributed by atoms with Gasteiger partial charge in [-0.2, -0.15) is 0 Å². The molecule has 1 aromatic rings. The van der Waals surface area contributed by atoms with Crippen molar-refractivity contribution < 1.29 is 14.2 Å². The molecular formula is C14H20FNO2. The number of aryl methyl sites for hydroxylation is 1. The third-order valence-electron chi connectivity index (χ3n) is 3.18. The molecule has 4 heteroatoms. The fraction of sp³-hybridized carbons (Fsp3) is 0.571. The molecule has 1 fully saturated rings. The van der Waals surface area contributed by atoms with Crippen molar-refractivity contribution in [1.82, 2.24) is 5.32 Å². The van der Waals surface area contributed by atoms with E-state index < -0.39 is 5.54 Å². The summed E-state index contributed by atoms with van der Waals surface area (Å²) in [7, 11) is 0. The van der Waals surface area contributed by atoms with Crippen LogP contribution in [0.1, 0.15) is 25.3 Å². The Labute approximate surface area is 107 Å². The summed E-state index contributed by atoms with van der Waals surface area (Å²) in [5, 5.41) is 12.8. The molecule has 0 amide bonds. The molecule has 1 aliphatic carbocycles. The molecule has 0 saturated heterocycles. The van der Waals surface area contributed by atoms with Crippen molar-refractivity contribution in [3.63, 3.8) is 0 Å². The zero-order valence-corrected chi connectivity index (χ0v) is 10.9. The van der Waals surface area contributed by atoms with E-state index in [2.05, 4.69) is 5.32 Å². The standard InChI is InChI=1S/C14H20FNO2/c1-10-4-3-5-12(13(10)15)18-9-14(2,8-17)16-11-6-7-11/h3-5,11,16-17H,6-9H2,1-2H3. The molecule has 0 heterocycles. The van der Waals surface area contributed by atoms with Gasteiger partial charge in [-0.15, -0.1) is 0 Å². The van der Waals surface area contributed by atoms with Crippen LogP contribution < -0.4 is 10.1 Å². The zero-order valence-electron chi connectivity index (χ0n) is 10.9. The highest BCUT2D eigenvalue weighted by atomic mass is 19.1. The van der Waals surface area contributed by atoms with Gasteiger partial charge >= 0.3 is 0 Å². The van der Waals surface area contributed by atoms with Gasteiger partial charge < -0.3 is 15.2 Å². The lowest BCUT2D eigenvalue weighted by atomic mass is 10.1. The minimum Gasteiger partial charge on any atom is -0.488 e. The van der Waals surface area contributed by atoms with Crippen LogP contribution in [0.3, 0.4) is 0 Å². The molecule has 100 valence electrons. The minimum atomic E-state index is -0.517. The number of hydrogen-bond acceptors (Lipinski definition) is 3. The van der Waals surface area contributed by atoms with Crippen LogP contribution in [-0.4, -0.2) is 29.9 Å². The lowest BCUT2D eigenvalue weighted by Crippen LogP contribution is -2.51. The molecule has 0 bridgehead atoms. The average molecular weight is 253 g/mol. The Morgan fingerprint density at radius 2 is 2.22 bits per heavy atom. The third kappa shape index (κ3) is 3.21. The van der Waals surface area contributed by atoms with E-state index in [1.54, 1.807) is 25.1 Å². The van der Waals surface area contributed by atoms with Crippen molar-refractivity contribution in [2.24, 2.45) is 0 Å². The average Bonchev–Trinajstić information content (AvgIpc) is 3.15. The topological polar surface area (TPSA) is 41.5 Å². The van der Waals surface area contributed by atoms with E-state index in [0.29, 0.717) is 11.6 Å². The molecule has 2 rings (SSSR count). The molecule has 2 N–H and O–H groups in total. The molecule has 1 unspecified atom stereocenters. The first-order valence-corrected chi connectivity index (χ1v) is 6.30. The Balaban J connectivity index is 1.98. The Morgan fingerprint density at radius 1 is 1.50 bits per heavy atom. The number of benzene rings is 1. The van der Waals surface area contributed by atoms with Crippen LogP contribution in [0, 0.1) is 12.7 Å². The van der Waals surface area contributed by atoms with Gasteiger partial charge in [0.1, 0.15) is 6.61 Å². The molecule has 1 atom stereocenters. The molecule has 0 spiro atoms. The summed E-state index contributed by atoms with van der Waals surface area (Å²) in [5.41, 5.74) is 0.0468. The van der Waals surface area contributed by atoms with E-state index in [-0.39, 0.29) is 24.8 Å². The first kappa shape index (κ1) is 13.3. The molecule has 1 aromatic carbocycles. The highest BCUT2D eigenvalue weighted by Crippen LogP contribution is 2.24. The first-order chi connectivity index (χ1) is 8.54. The van der Waals surface area contributed by atoms with Crippen LogP contribution in [0.4, 0.5) is 4.39 Å². The summed E-state index contributed by atoms with van der Waals surface area (Å²) in [6.07, 6.45) is 2.27.